The van der Waals surface area contributed by atoms with Crippen LogP contribution in [0.1, 0.15) is 19.3 Å². The van der Waals surface area contributed by atoms with Crippen LogP contribution in [0.3, 0.4) is 0 Å². The fraction of sp³-hybridized carbons (Fsp3) is 0.917. The molecule has 1 rings (SSSR count). The molecule has 0 aromatic carbocycles. The Morgan fingerprint density at radius 3 is 2.40 bits per heavy atom. The van der Waals surface area contributed by atoms with Crippen LogP contribution in [0.15, 0.2) is 5.16 Å². The monoisotopic (exact) mass is 315 g/mol. The number of thioether (sulfide) groups is 1. The zero-order chi connectivity index (χ0) is 15.1. The number of unbranched alkanes of at least 4 members (excludes halogenated alkanes) is 1. The largest absolute Gasteiger partial charge is 0.411 e. The Balaban J connectivity index is 2.65. The van der Waals surface area contributed by atoms with Gasteiger partial charge in [-0.25, -0.2) is 0 Å². The van der Waals surface area contributed by atoms with Crippen LogP contribution < -0.4 is 0 Å². The second-order valence-corrected chi connectivity index (χ2v) is 5.78. The van der Waals surface area contributed by atoms with Gasteiger partial charge in [-0.2, -0.15) is 11.8 Å². The van der Waals surface area contributed by atoms with Gasteiger partial charge in [-0.3, -0.25) is 0 Å². The number of aliphatic hydroxyl groups excluding tert-OH is 4. The van der Waals surface area contributed by atoms with Gasteiger partial charge in [-0.15, -0.1) is 0 Å². The van der Waals surface area contributed by atoms with Crippen LogP contribution in [0.4, 0.5) is 0 Å². The number of nitrogens with zero attached hydrogens (tertiary/aromatic N) is 1. The van der Waals surface area contributed by atoms with E-state index in [4.69, 9.17) is 15.1 Å². The topological polar surface area (TPSA) is 123 Å². The summed E-state index contributed by atoms with van der Waals surface area (Å²) in [5, 5.41) is 50.6. The van der Waals surface area contributed by atoms with Crippen molar-refractivity contribution in [1.29, 1.82) is 0 Å². The Labute approximate surface area is 122 Å². The molecular formula is C12H23NO6S. The van der Waals surface area contributed by atoms with Crippen molar-refractivity contribution in [3.05, 3.63) is 0 Å². The predicted octanol–water partition coefficient (Wildman–Crippen LogP) is -0.808. The Morgan fingerprint density at radius 1 is 1.15 bits per heavy atom. The molecule has 1 aliphatic heterocycles. The average molecular weight is 315 g/mol. The minimum absolute atomic E-state index is 0.211. The number of oxime groups is 1. The molecule has 0 spiro atoms. The summed E-state index contributed by atoms with van der Waals surface area (Å²) < 4.78 is 5.33. The van der Waals surface area contributed by atoms with Crippen molar-refractivity contribution in [2.75, 3.05) is 18.6 Å². The molecule has 20 heavy (non-hydrogen) atoms. The Kier molecular flexibility index (Phi) is 7.78. The normalized spacial score (nSPS) is 35.2. The van der Waals surface area contributed by atoms with E-state index in [1.165, 1.54) is 0 Å². The van der Waals surface area contributed by atoms with Gasteiger partial charge in [-0.05, 0) is 31.3 Å². The molecule has 5 atom stereocenters. The lowest BCUT2D eigenvalue weighted by molar-refractivity contribution is -0.212. The van der Waals surface area contributed by atoms with Crippen LogP contribution in [0, 0.1) is 0 Å². The third-order valence-corrected chi connectivity index (χ3v) is 4.08. The second kappa shape index (κ2) is 8.81. The van der Waals surface area contributed by atoms with Gasteiger partial charge in [0.15, 0.2) is 0 Å². The van der Waals surface area contributed by atoms with Crippen molar-refractivity contribution in [2.24, 2.45) is 5.16 Å². The summed E-state index contributed by atoms with van der Waals surface area (Å²) in [6.45, 7) is -0.493. The highest BCUT2D eigenvalue weighted by atomic mass is 32.2. The van der Waals surface area contributed by atoms with Crippen LogP contribution in [0.5, 0.6) is 0 Å². The van der Waals surface area contributed by atoms with Gasteiger partial charge in [0.05, 0.1) is 12.3 Å². The van der Waals surface area contributed by atoms with Gasteiger partial charge < -0.3 is 30.4 Å². The highest BCUT2D eigenvalue weighted by molar-refractivity contribution is 7.98. The first-order valence-electron chi connectivity index (χ1n) is 6.57. The molecule has 8 heteroatoms. The van der Waals surface area contributed by atoms with Gasteiger partial charge in [-0.1, -0.05) is 5.16 Å². The first-order chi connectivity index (χ1) is 9.56. The fourth-order valence-corrected chi connectivity index (χ4v) is 2.67. The molecule has 5 N–H and O–H groups in total. The van der Waals surface area contributed by atoms with Gasteiger partial charge in [0.25, 0.3) is 0 Å². The van der Waals surface area contributed by atoms with Gasteiger partial charge in [0.2, 0.25) is 0 Å². The van der Waals surface area contributed by atoms with Crippen molar-refractivity contribution in [3.63, 3.8) is 0 Å². The van der Waals surface area contributed by atoms with E-state index >= 15 is 0 Å². The lowest BCUT2D eigenvalue weighted by Crippen LogP contribution is -2.60. The quantitative estimate of drug-likeness (QED) is 0.137. The van der Waals surface area contributed by atoms with Crippen LogP contribution in [0.2, 0.25) is 0 Å². The van der Waals surface area contributed by atoms with E-state index in [0.29, 0.717) is 6.42 Å². The van der Waals surface area contributed by atoms with Crippen molar-refractivity contribution in [2.45, 2.75) is 49.8 Å². The van der Waals surface area contributed by atoms with Crippen molar-refractivity contribution < 1.29 is 30.4 Å². The zero-order valence-corrected chi connectivity index (χ0v) is 12.2. The number of aliphatic hydroxyl groups is 4. The molecular weight excluding hydrogens is 292 g/mol. The third-order valence-electron chi connectivity index (χ3n) is 3.38. The maximum atomic E-state index is 9.91. The summed E-state index contributed by atoms with van der Waals surface area (Å²) in [6.07, 6.45) is -2.15. The summed E-state index contributed by atoms with van der Waals surface area (Å²) >= 11 is 1.71. The summed E-state index contributed by atoms with van der Waals surface area (Å²) in [5.74, 6) is 0.980. The van der Waals surface area contributed by atoms with E-state index in [-0.39, 0.29) is 5.71 Å². The molecule has 1 saturated heterocycles. The standard InChI is InChI=1S/C12H23NO6S/c1-20-5-3-2-4-7(13-18)12-11(17)10(16)9(15)8(6-14)19-12/h8-12,14-18H,2-6H2,1H3/b13-7-/t8-,9-,10+,11-,12+/m1/s1/i6+1,8+1,9+1,10+1,11+1,12+1. The molecule has 0 radical (unpaired) electrons. The van der Waals surface area contributed by atoms with Crippen molar-refractivity contribution in [1.82, 2.24) is 0 Å². The van der Waals surface area contributed by atoms with E-state index in [9.17, 15) is 15.3 Å². The summed E-state index contributed by atoms with van der Waals surface area (Å²) in [7, 11) is 0. The second-order valence-electron chi connectivity index (χ2n) is 4.79. The van der Waals surface area contributed by atoms with Crippen LogP contribution in [-0.4, -0.2) is 80.5 Å². The highest BCUT2D eigenvalue weighted by Crippen LogP contribution is 2.23. The van der Waals surface area contributed by atoms with Gasteiger partial charge >= 0.3 is 0 Å². The van der Waals surface area contributed by atoms with Crippen LogP contribution in [-0.2, 0) is 4.74 Å². The first-order valence-corrected chi connectivity index (χ1v) is 7.96. The Morgan fingerprint density at radius 2 is 1.85 bits per heavy atom. The number of hydrogen-bond donors (Lipinski definition) is 5. The molecule has 0 saturated carbocycles. The minimum atomic E-state index is -1.45. The van der Waals surface area contributed by atoms with Crippen molar-refractivity contribution >= 4 is 17.5 Å². The third kappa shape index (κ3) is 4.31. The fourth-order valence-electron chi connectivity index (χ4n) is 2.18. The Bertz CT molecular complexity index is 314. The van der Waals surface area contributed by atoms with E-state index in [0.717, 1.165) is 18.6 Å². The Hall–Kier alpha value is -0.380. The molecule has 0 aliphatic carbocycles. The van der Waals surface area contributed by atoms with Crippen LogP contribution in [0.25, 0.3) is 0 Å². The van der Waals surface area contributed by atoms with Gasteiger partial charge in [0, 0.05) is 0 Å². The van der Waals surface area contributed by atoms with Gasteiger partial charge in [0.1, 0.15) is 30.5 Å². The molecule has 1 heterocycles. The number of rotatable bonds is 7. The number of ether oxygens (including phenoxy) is 1. The smallest absolute Gasteiger partial charge is 0.128 e. The van der Waals surface area contributed by atoms with E-state index in [1.54, 1.807) is 11.8 Å². The lowest BCUT2D eigenvalue weighted by Gasteiger charge is -2.40. The highest BCUT2D eigenvalue weighted by Gasteiger charge is 2.45. The van der Waals surface area contributed by atoms with E-state index in [1.807, 2.05) is 6.26 Å². The lowest BCUT2D eigenvalue weighted by atomic mass is 10.2. The molecule has 118 valence electrons. The van der Waals surface area contributed by atoms with E-state index in [2.05, 4.69) is 5.16 Å². The molecule has 0 bridgehead atoms. The summed E-state index contributed by atoms with van der Waals surface area (Å²) in [5.41, 5.74) is 0.211. The molecule has 1 aliphatic rings. The maximum absolute atomic E-state index is 9.91. The molecule has 0 aromatic rings. The summed E-state index contributed by atoms with van der Waals surface area (Å²) in [6, 6.07) is 0. The minimum Gasteiger partial charge on any atom is -0.411 e. The SMILES string of the molecule is CSCCCC/C(=N/O)[13C@@H]1O[13C@H]([13CH2]O)[13C@@H](O)[13C@H](O)[13C@H]1O. The molecule has 0 amide bonds. The zero-order valence-electron chi connectivity index (χ0n) is 11.4. The number of hydrogen-bond acceptors (Lipinski definition) is 8. The maximum Gasteiger partial charge on any atom is 0.128 e. The average Bonchev–Trinajstić information content (AvgIpc) is 2.46. The molecule has 0 aromatic heterocycles. The predicted molar refractivity (Wildman–Crippen MR) is 75.2 cm³/mol. The molecule has 1 fully saturated rings. The first kappa shape index (κ1) is 17.7. The summed E-state index contributed by atoms with van der Waals surface area (Å²) in [4.78, 5) is 0. The van der Waals surface area contributed by atoms with E-state index < -0.39 is 37.1 Å². The molecule has 7 nitrogen and oxygen atoms in total. The molecule has 0 unspecified atom stereocenters. The van der Waals surface area contributed by atoms with Crippen molar-refractivity contribution in [3.8, 4) is 0 Å². The van der Waals surface area contributed by atoms with Crippen LogP contribution >= 0.6 is 11.8 Å².